The van der Waals surface area contributed by atoms with Gasteiger partial charge in [0, 0.05) is 5.92 Å². The minimum absolute atomic E-state index is 0.133. The quantitative estimate of drug-likeness (QED) is 0.470. The Morgan fingerprint density at radius 2 is 1.55 bits per heavy atom. The summed E-state index contributed by atoms with van der Waals surface area (Å²) in [5.41, 5.74) is 4.92. The summed E-state index contributed by atoms with van der Waals surface area (Å²) in [5, 5.41) is 0. The lowest BCUT2D eigenvalue weighted by atomic mass is 9.86. The van der Waals surface area contributed by atoms with E-state index in [9.17, 15) is 0 Å². The first kappa shape index (κ1) is 15.9. The molecule has 0 N–H and O–H groups in total. The Bertz CT molecular complexity index is 627. The molecule has 0 radical (unpaired) electrons. The van der Waals surface area contributed by atoms with Crippen molar-refractivity contribution in [1.82, 2.24) is 0 Å². The molecule has 0 saturated carbocycles. The van der Waals surface area contributed by atoms with Crippen LogP contribution < -0.4 is 0 Å². The fraction of sp³-hybridized carbons (Fsp3) is 0.182. The fourth-order valence-electron chi connectivity index (χ4n) is 2.72. The first-order valence-electron chi connectivity index (χ1n) is 7.66. The Balaban J connectivity index is 2.55. The van der Waals surface area contributed by atoms with Gasteiger partial charge in [0.15, 0.2) is 0 Å². The molecule has 0 saturated heterocycles. The van der Waals surface area contributed by atoms with Crippen LogP contribution in [-0.2, 0) is 0 Å². The highest BCUT2D eigenvalue weighted by molar-refractivity contribution is 5.82. The molecule has 0 aliphatic heterocycles. The lowest BCUT2D eigenvalue weighted by molar-refractivity contribution is 0.707. The number of allylic oxidation sites excluding steroid dienone is 2. The molecule has 2 aromatic rings. The van der Waals surface area contributed by atoms with E-state index in [-0.39, 0.29) is 5.92 Å². The highest BCUT2D eigenvalue weighted by atomic mass is 14.2. The van der Waals surface area contributed by atoms with Crippen LogP contribution in [0.4, 0.5) is 0 Å². The number of hydrogen-bond acceptors (Lipinski definition) is 0. The average molecular weight is 286 g/mol. The first-order chi connectivity index (χ1) is 10.8. The van der Waals surface area contributed by atoms with E-state index in [1.165, 1.54) is 22.3 Å². The number of rotatable bonds is 6. The lowest BCUT2D eigenvalue weighted by Crippen LogP contribution is -2.03. The number of terminal acetylenes is 1. The van der Waals surface area contributed by atoms with E-state index in [4.69, 9.17) is 6.42 Å². The second kappa shape index (κ2) is 8.05. The third kappa shape index (κ3) is 3.77. The van der Waals surface area contributed by atoms with Crippen molar-refractivity contribution < 1.29 is 0 Å². The summed E-state index contributed by atoms with van der Waals surface area (Å²) in [5.74, 6) is 3.08. The zero-order chi connectivity index (χ0) is 15.8. The number of hydrogen-bond donors (Lipinski definition) is 0. The van der Waals surface area contributed by atoms with Crippen molar-refractivity contribution in [2.75, 3.05) is 0 Å². The lowest BCUT2D eigenvalue weighted by Gasteiger charge is -2.18. The van der Waals surface area contributed by atoms with Crippen LogP contribution in [0.25, 0.3) is 5.57 Å². The van der Waals surface area contributed by atoms with Gasteiger partial charge in [-0.15, -0.1) is 13.0 Å². The summed E-state index contributed by atoms with van der Waals surface area (Å²) in [4.78, 5) is 0. The Morgan fingerprint density at radius 3 is 1.95 bits per heavy atom. The standard InChI is InChI=1S/C22H22/c1-4-6-13-19(5-2)18(3)22(20-14-9-7-10-15-20)21-16-11-8-12-17-21/h2,4,7-12,14-17,19H,1,6,13H2,3H3. The van der Waals surface area contributed by atoms with Gasteiger partial charge in [-0.25, -0.2) is 0 Å². The van der Waals surface area contributed by atoms with Gasteiger partial charge in [-0.1, -0.05) is 72.7 Å². The summed E-state index contributed by atoms with van der Waals surface area (Å²) < 4.78 is 0. The van der Waals surface area contributed by atoms with E-state index < -0.39 is 0 Å². The van der Waals surface area contributed by atoms with Gasteiger partial charge in [-0.3, -0.25) is 0 Å². The Hall–Kier alpha value is -2.52. The molecule has 0 aliphatic carbocycles. The van der Waals surface area contributed by atoms with Crippen LogP contribution >= 0.6 is 0 Å². The molecule has 0 fully saturated rings. The van der Waals surface area contributed by atoms with Gasteiger partial charge in [0.25, 0.3) is 0 Å². The van der Waals surface area contributed by atoms with E-state index in [1.54, 1.807) is 0 Å². The van der Waals surface area contributed by atoms with Crippen molar-refractivity contribution in [2.45, 2.75) is 19.8 Å². The smallest absolute Gasteiger partial charge is 0.0418 e. The van der Waals surface area contributed by atoms with Gasteiger partial charge in [-0.2, -0.15) is 0 Å². The molecule has 0 spiro atoms. The van der Waals surface area contributed by atoms with E-state index in [1.807, 2.05) is 18.2 Å². The maximum absolute atomic E-state index is 5.79. The molecular weight excluding hydrogens is 264 g/mol. The molecule has 1 atom stereocenters. The van der Waals surface area contributed by atoms with Gasteiger partial charge in [0.05, 0.1) is 0 Å². The maximum Gasteiger partial charge on any atom is 0.0418 e. The van der Waals surface area contributed by atoms with Crippen LogP contribution in [0.3, 0.4) is 0 Å². The normalized spacial score (nSPS) is 11.3. The highest BCUT2D eigenvalue weighted by Crippen LogP contribution is 2.31. The topological polar surface area (TPSA) is 0 Å². The van der Waals surface area contributed by atoms with Crippen LogP contribution in [0.2, 0.25) is 0 Å². The SMILES string of the molecule is C#CC(CCC=C)C(C)=C(c1ccccc1)c1ccccc1. The van der Waals surface area contributed by atoms with Crippen molar-refractivity contribution >= 4 is 5.57 Å². The van der Waals surface area contributed by atoms with Crippen molar-refractivity contribution in [3.63, 3.8) is 0 Å². The zero-order valence-corrected chi connectivity index (χ0v) is 13.1. The summed E-state index contributed by atoms with van der Waals surface area (Å²) in [6.45, 7) is 5.96. The Labute approximate surface area is 134 Å². The zero-order valence-electron chi connectivity index (χ0n) is 13.1. The molecule has 0 heteroatoms. The maximum atomic E-state index is 5.79. The van der Waals surface area contributed by atoms with E-state index >= 15 is 0 Å². The molecule has 2 rings (SSSR count). The van der Waals surface area contributed by atoms with Crippen LogP contribution in [-0.4, -0.2) is 0 Å². The van der Waals surface area contributed by atoms with Gasteiger partial charge >= 0.3 is 0 Å². The van der Waals surface area contributed by atoms with Crippen molar-refractivity contribution in [2.24, 2.45) is 5.92 Å². The summed E-state index contributed by atoms with van der Waals surface area (Å²) in [6, 6.07) is 20.9. The van der Waals surface area contributed by atoms with Crippen LogP contribution in [0.1, 0.15) is 30.9 Å². The molecule has 1 unspecified atom stereocenters. The minimum Gasteiger partial charge on any atom is -0.119 e. The van der Waals surface area contributed by atoms with Crippen LogP contribution in [0, 0.1) is 18.3 Å². The Kier molecular flexibility index (Phi) is 5.81. The molecule has 0 bridgehead atoms. The molecule has 2 aromatic carbocycles. The number of benzene rings is 2. The third-order valence-electron chi connectivity index (χ3n) is 3.90. The molecular formula is C22H22. The second-order valence-electron chi connectivity index (χ2n) is 5.38. The third-order valence-corrected chi connectivity index (χ3v) is 3.90. The van der Waals surface area contributed by atoms with Crippen LogP contribution in [0.15, 0.2) is 78.9 Å². The summed E-state index contributed by atoms with van der Waals surface area (Å²) >= 11 is 0. The fourth-order valence-corrected chi connectivity index (χ4v) is 2.72. The van der Waals surface area contributed by atoms with E-state index in [0.29, 0.717) is 0 Å². The predicted molar refractivity (Wildman–Crippen MR) is 96.3 cm³/mol. The monoisotopic (exact) mass is 286 g/mol. The summed E-state index contributed by atoms with van der Waals surface area (Å²) in [6.07, 6.45) is 9.60. The van der Waals surface area contributed by atoms with E-state index in [0.717, 1.165) is 12.8 Å². The summed E-state index contributed by atoms with van der Waals surface area (Å²) in [7, 11) is 0. The van der Waals surface area contributed by atoms with E-state index in [2.05, 4.69) is 68.0 Å². The van der Waals surface area contributed by atoms with Crippen LogP contribution in [0.5, 0.6) is 0 Å². The van der Waals surface area contributed by atoms with Gasteiger partial charge < -0.3 is 0 Å². The van der Waals surface area contributed by atoms with Gasteiger partial charge in [-0.05, 0) is 42.0 Å². The first-order valence-corrected chi connectivity index (χ1v) is 7.66. The van der Waals surface area contributed by atoms with Crippen molar-refractivity contribution in [1.29, 1.82) is 0 Å². The highest BCUT2D eigenvalue weighted by Gasteiger charge is 2.15. The molecule has 0 aromatic heterocycles. The molecule has 0 heterocycles. The molecule has 0 aliphatic rings. The van der Waals surface area contributed by atoms with Crippen molar-refractivity contribution in [3.8, 4) is 12.3 Å². The van der Waals surface area contributed by atoms with Crippen molar-refractivity contribution in [3.05, 3.63) is 90.0 Å². The molecule has 0 nitrogen and oxygen atoms in total. The minimum atomic E-state index is 0.133. The average Bonchev–Trinajstić information content (AvgIpc) is 2.58. The molecule has 110 valence electrons. The van der Waals surface area contributed by atoms with Gasteiger partial charge in [0.1, 0.15) is 0 Å². The molecule has 22 heavy (non-hydrogen) atoms. The predicted octanol–water partition coefficient (Wildman–Crippen LogP) is 5.72. The van der Waals surface area contributed by atoms with Gasteiger partial charge in [0.2, 0.25) is 0 Å². The second-order valence-corrected chi connectivity index (χ2v) is 5.38. The Morgan fingerprint density at radius 1 is 1.05 bits per heavy atom. The molecule has 0 amide bonds. The largest absolute Gasteiger partial charge is 0.119 e.